The van der Waals surface area contributed by atoms with Crippen LogP contribution in [0, 0.1) is 5.92 Å². The van der Waals surface area contributed by atoms with E-state index in [9.17, 15) is 4.79 Å². The van der Waals surface area contributed by atoms with Crippen LogP contribution in [0.15, 0.2) is 18.2 Å². The number of benzene rings is 1. The molecule has 108 valence electrons. The van der Waals surface area contributed by atoms with Crippen LogP contribution in [0.25, 0.3) is 0 Å². The van der Waals surface area contributed by atoms with Gasteiger partial charge in [-0.25, -0.2) is 0 Å². The van der Waals surface area contributed by atoms with Gasteiger partial charge in [0.05, 0.1) is 19.9 Å². The van der Waals surface area contributed by atoms with Crippen LogP contribution >= 0.6 is 12.2 Å². The number of carbonyl (C=O) groups is 1. The molecule has 0 atom stereocenters. The van der Waals surface area contributed by atoms with Crippen LogP contribution in [-0.4, -0.2) is 25.2 Å². The number of thiocarbonyl (C=S) groups is 1. The van der Waals surface area contributed by atoms with E-state index < -0.39 is 0 Å². The average molecular weight is 295 g/mol. The fraction of sp³-hybridized carbons (Fsp3) is 0.385. The molecule has 1 aliphatic rings. The van der Waals surface area contributed by atoms with Crippen molar-refractivity contribution in [2.24, 2.45) is 5.92 Å². The second-order valence-electron chi connectivity index (χ2n) is 4.41. The van der Waals surface area contributed by atoms with E-state index in [1.54, 1.807) is 32.4 Å². The summed E-state index contributed by atoms with van der Waals surface area (Å²) in [4.78, 5) is 11.5. The molecule has 3 N–H and O–H groups in total. The first kappa shape index (κ1) is 14.4. The zero-order valence-corrected chi connectivity index (χ0v) is 12.2. The van der Waals surface area contributed by atoms with E-state index >= 15 is 0 Å². The van der Waals surface area contributed by atoms with Gasteiger partial charge in [0.1, 0.15) is 11.5 Å². The van der Waals surface area contributed by atoms with Gasteiger partial charge in [0.25, 0.3) is 0 Å². The minimum Gasteiger partial charge on any atom is -0.497 e. The Bertz CT molecular complexity index is 518. The lowest BCUT2D eigenvalue weighted by Crippen LogP contribution is -2.44. The van der Waals surface area contributed by atoms with Crippen molar-refractivity contribution in [2.45, 2.75) is 12.8 Å². The van der Waals surface area contributed by atoms with Gasteiger partial charge in [0.15, 0.2) is 5.11 Å². The third-order valence-corrected chi connectivity index (χ3v) is 3.11. The predicted octanol–water partition coefficient (Wildman–Crippen LogP) is 1.43. The van der Waals surface area contributed by atoms with Crippen LogP contribution in [0.5, 0.6) is 11.5 Å². The van der Waals surface area contributed by atoms with Crippen molar-refractivity contribution in [3.63, 3.8) is 0 Å². The second-order valence-corrected chi connectivity index (χ2v) is 4.82. The Morgan fingerprint density at radius 2 is 2.00 bits per heavy atom. The van der Waals surface area contributed by atoms with E-state index in [0.29, 0.717) is 22.3 Å². The lowest BCUT2D eigenvalue weighted by molar-refractivity contribution is -0.122. The maximum Gasteiger partial charge on any atom is 0.241 e. The number of carbonyl (C=O) groups excluding carboxylic acids is 1. The number of amides is 1. The van der Waals surface area contributed by atoms with Crippen molar-refractivity contribution in [2.75, 3.05) is 19.5 Å². The highest BCUT2D eigenvalue weighted by atomic mass is 32.1. The molecule has 1 aromatic carbocycles. The summed E-state index contributed by atoms with van der Waals surface area (Å²) >= 11 is 5.11. The van der Waals surface area contributed by atoms with Gasteiger partial charge in [-0.2, -0.15) is 0 Å². The molecule has 0 saturated heterocycles. The first-order valence-electron chi connectivity index (χ1n) is 6.23. The minimum absolute atomic E-state index is 0.0316. The minimum atomic E-state index is -0.0316. The lowest BCUT2D eigenvalue weighted by Gasteiger charge is -2.14. The Morgan fingerprint density at radius 1 is 1.25 bits per heavy atom. The summed E-state index contributed by atoms with van der Waals surface area (Å²) in [5, 5.41) is 3.25. The predicted molar refractivity (Wildman–Crippen MR) is 79.8 cm³/mol. The first-order chi connectivity index (χ1) is 9.63. The SMILES string of the molecule is COc1ccc(NC(=S)NNC(=O)C2CC2)c(OC)c1. The fourth-order valence-electron chi connectivity index (χ4n) is 1.62. The normalized spacial score (nSPS) is 13.3. The van der Waals surface area contributed by atoms with E-state index in [-0.39, 0.29) is 11.8 Å². The van der Waals surface area contributed by atoms with E-state index in [0.717, 1.165) is 12.8 Å². The summed E-state index contributed by atoms with van der Waals surface area (Å²) in [6.45, 7) is 0. The summed E-state index contributed by atoms with van der Waals surface area (Å²) in [5.41, 5.74) is 5.92. The standard InChI is InChI=1S/C13H17N3O3S/c1-18-9-5-6-10(11(7-9)19-2)14-13(20)16-15-12(17)8-3-4-8/h5-8H,3-4H2,1-2H3,(H,15,17)(H2,14,16,20). The molecule has 1 aromatic rings. The zero-order chi connectivity index (χ0) is 14.5. The molecular formula is C13H17N3O3S. The third-order valence-electron chi connectivity index (χ3n) is 2.90. The molecule has 0 aliphatic heterocycles. The van der Waals surface area contributed by atoms with Crippen molar-refractivity contribution < 1.29 is 14.3 Å². The molecule has 2 rings (SSSR count). The van der Waals surface area contributed by atoms with Gasteiger partial charge in [-0.05, 0) is 37.2 Å². The molecule has 0 aromatic heterocycles. The number of nitrogens with one attached hydrogen (secondary N) is 3. The van der Waals surface area contributed by atoms with Crippen LogP contribution < -0.4 is 25.6 Å². The number of hydrazine groups is 1. The van der Waals surface area contributed by atoms with E-state index in [4.69, 9.17) is 21.7 Å². The highest BCUT2D eigenvalue weighted by molar-refractivity contribution is 7.80. The van der Waals surface area contributed by atoms with Gasteiger partial charge in [0, 0.05) is 12.0 Å². The van der Waals surface area contributed by atoms with E-state index in [1.165, 1.54) is 0 Å². The summed E-state index contributed by atoms with van der Waals surface area (Å²) in [6, 6.07) is 5.32. The number of anilines is 1. The molecule has 1 saturated carbocycles. The summed E-state index contributed by atoms with van der Waals surface area (Å²) in [6.07, 6.45) is 1.89. The molecule has 7 heteroatoms. The topological polar surface area (TPSA) is 71.6 Å². The Balaban J connectivity index is 1.91. The molecule has 1 fully saturated rings. The lowest BCUT2D eigenvalue weighted by atomic mass is 10.2. The summed E-state index contributed by atoms with van der Waals surface area (Å²) in [7, 11) is 3.15. The smallest absolute Gasteiger partial charge is 0.241 e. The fourth-order valence-corrected chi connectivity index (χ4v) is 1.78. The molecule has 20 heavy (non-hydrogen) atoms. The molecule has 0 spiro atoms. The number of ether oxygens (including phenoxy) is 2. The third kappa shape index (κ3) is 3.74. The van der Waals surface area contributed by atoms with Crippen LogP contribution in [0.3, 0.4) is 0 Å². The Kier molecular flexibility index (Phi) is 4.62. The van der Waals surface area contributed by atoms with Crippen LogP contribution in [0.4, 0.5) is 5.69 Å². The molecule has 6 nitrogen and oxygen atoms in total. The van der Waals surface area contributed by atoms with Crippen molar-refractivity contribution in [3.8, 4) is 11.5 Å². The van der Waals surface area contributed by atoms with Gasteiger partial charge in [-0.15, -0.1) is 0 Å². The highest BCUT2D eigenvalue weighted by Crippen LogP contribution is 2.29. The van der Waals surface area contributed by atoms with Gasteiger partial charge in [-0.3, -0.25) is 15.6 Å². The summed E-state index contributed by atoms with van der Waals surface area (Å²) < 4.78 is 10.4. The zero-order valence-electron chi connectivity index (χ0n) is 11.4. The van der Waals surface area contributed by atoms with E-state index in [2.05, 4.69) is 16.2 Å². The molecule has 0 radical (unpaired) electrons. The Morgan fingerprint density at radius 3 is 2.60 bits per heavy atom. The molecule has 1 aliphatic carbocycles. The van der Waals surface area contributed by atoms with Gasteiger partial charge in [0.2, 0.25) is 5.91 Å². The van der Waals surface area contributed by atoms with Crippen molar-refractivity contribution >= 4 is 28.9 Å². The summed E-state index contributed by atoms with van der Waals surface area (Å²) in [5.74, 6) is 1.38. The van der Waals surface area contributed by atoms with Crippen LogP contribution in [0.2, 0.25) is 0 Å². The van der Waals surface area contributed by atoms with Gasteiger partial charge in [-0.1, -0.05) is 0 Å². The Labute approximate surface area is 122 Å². The first-order valence-corrected chi connectivity index (χ1v) is 6.63. The molecule has 0 unspecified atom stereocenters. The van der Waals surface area contributed by atoms with Crippen molar-refractivity contribution in [3.05, 3.63) is 18.2 Å². The quantitative estimate of drug-likeness (QED) is 0.576. The molecular weight excluding hydrogens is 278 g/mol. The highest BCUT2D eigenvalue weighted by Gasteiger charge is 2.29. The van der Waals surface area contributed by atoms with Crippen LogP contribution in [-0.2, 0) is 4.79 Å². The monoisotopic (exact) mass is 295 g/mol. The number of rotatable bonds is 4. The maximum atomic E-state index is 11.5. The molecule has 1 amide bonds. The van der Waals surface area contributed by atoms with E-state index in [1.807, 2.05) is 0 Å². The second kappa shape index (κ2) is 6.42. The number of hydrogen-bond acceptors (Lipinski definition) is 4. The number of methoxy groups -OCH3 is 2. The average Bonchev–Trinajstić information content (AvgIpc) is 3.29. The molecule has 0 bridgehead atoms. The maximum absolute atomic E-state index is 11.5. The van der Waals surface area contributed by atoms with Gasteiger partial charge < -0.3 is 14.8 Å². The van der Waals surface area contributed by atoms with Crippen molar-refractivity contribution in [1.82, 2.24) is 10.9 Å². The largest absolute Gasteiger partial charge is 0.497 e. The van der Waals surface area contributed by atoms with Crippen molar-refractivity contribution in [1.29, 1.82) is 0 Å². The van der Waals surface area contributed by atoms with Crippen LogP contribution in [0.1, 0.15) is 12.8 Å². The van der Waals surface area contributed by atoms with Gasteiger partial charge >= 0.3 is 0 Å². The number of hydrogen-bond donors (Lipinski definition) is 3. The Hall–Kier alpha value is -2.02. The molecule has 0 heterocycles.